The standard InChI is InChI=1S/C79H48N2/c1-3-24-50(25-4-1)80-70-43-17-12-32-62(70)75-57(38-21-45-72(75)80)53-34-19-36-59-64(53)48-65-54(58-39-22-46-73-76(58)63-33-13-18-44-71(63)81(73)51-26-5-2-6-27-51)35-20-37-60(65)74(59)66-47-49-23-7-8-28-52(49)77-61-31-11-16-42-69(61)79(78(66)77)67-40-14-9-29-55(67)56-30-10-15-41-68(56)79/h1-48H. The third-order valence-electron chi connectivity index (χ3n) is 18.3. The number of nitrogens with zero attached hydrogens (tertiary/aromatic N) is 2. The van der Waals surface area contributed by atoms with Gasteiger partial charge in [0.05, 0.1) is 27.5 Å². The molecule has 0 aliphatic heterocycles. The molecule has 2 aromatic heterocycles. The normalized spacial score (nSPS) is 13.0. The van der Waals surface area contributed by atoms with Crippen LogP contribution in [0.1, 0.15) is 22.3 Å². The predicted octanol–water partition coefficient (Wildman–Crippen LogP) is 20.7. The van der Waals surface area contributed by atoms with Crippen molar-refractivity contribution in [1.82, 2.24) is 9.13 Å². The summed E-state index contributed by atoms with van der Waals surface area (Å²) in [6.07, 6.45) is 0. The van der Waals surface area contributed by atoms with Crippen LogP contribution in [0.3, 0.4) is 0 Å². The van der Waals surface area contributed by atoms with E-state index in [0.717, 1.165) is 11.4 Å². The highest BCUT2D eigenvalue weighted by atomic mass is 15.0. The van der Waals surface area contributed by atoms with Crippen LogP contribution in [0, 0.1) is 0 Å². The topological polar surface area (TPSA) is 9.86 Å². The number of para-hydroxylation sites is 4. The molecule has 0 saturated carbocycles. The minimum absolute atomic E-state index is 0.599. The van der Waals surface area contributed by atoms with Crippen molar-refractivity contribution in [3.05, 3.63) is 313 Å². The summed E-state index contributed by atoms with van der Waals surface area (Å²) in [5, 5.41) is 12.4. The zero-order chi connectivity index (χ0) is 52.9. The van der Waals surface area contributed by atoms with E-state index in [1.54, 1.807) is 0 Å². The van der Waals surface area contributed by atoms with Gasteiger partial charge in [0.25, 0.3) is 0 Å². The van der Waals surface area contributed by atoms with E-state index < -0.39 is 5.41 Å². The van der Waals surface area contributed by atoms with Crippen LogP contribution in [0.4, 0.5) is 0 Å². The summed E-state index contributed by atoms with van der Waals surface area (Å²) in [5.41, 5.74) is 24.4. The Balaban J connectivity index is 1.03. The Morgan fingerprint density at radius 2 is 0.605 bits per heavy atom. The van der Waals surface area contributed by atoms with Crippen LogP contribution in [-0.2, 0) is 5.41 Å². The van der Waals surface area contributed by atoms with Crippen molar-refractivity contribution in [3.8, 4) is 67.0 Å². The van der Waals surface area contributed by atoms with E-state index in [2.05, 4.69) is 300 Å². The first-order valence-corrected chi connectivity index (χ1v) is 28.3. The lowest BCUT2D eigenvalue weighted by Crippen LogP contribution is -2.26. The second-order valence-electron chi connectivity index (χ2n) is 22.1. The maximum absolute atomic E-state index is 2.56. The van der Waals surface area contributed by atoms with E-state index in [1.807, 2.05) is 0 Å². The molecule has 0 amide bonds. The van der Waals surface area contributed by atoms with Crippen molar-refractivity contribution in [2.24, 2.45) is 0 Å². The maximum Gasteiger partial charge on any atom is 0.0731 e. The largest absolute Gasteiger partial charge is 0.309 e. The molecule has 81 heavy (non-hydrogen) atoms. The number of rotatable bonds is 5. The first kappa shape index (κ1) is 44.4. The second-order valence-corrected chi connectivity index (χ2v) is 22.1. The molecule has 374 valence electrons. The molecule has 0 unspecified atom stereocenters. The molecule has 0 atom stereocenters. The molecule has 2 heterocycles. The van der Waals surface area contributed by atoms with Crippen LogP contribution in [0.15, 0.2) is 291 Å². The van der Waals surface area contributed by atoms with Gasteiger partial charge in [-0.3, -0.25) is 0 Å². The molecular weight excluding hydrogens is 977 g/mol. The zero-order valence-corrected chi connectivity index (χ0v) is 44.1. The summed E-state index contributed by atoms with van der Waals surface area (Å²) in [6.45, 7) is 0. The Morgan fingerprint density at radius 1 is 0.222 bits per heavy atom. The summed E-state index contributed by atoms with van der Waals surface area (Å²) < 4.78 is 4.88. The monoisotopic (exact) mass is 1020 g/mol. The van der Waals surface area contributed by atoms with Crippen LogP contribution >= 0.6 is 0 Å². The quantitative estimate of drug-likeness (QED) is 0.152. The highest BCUT2D eigenvalue weighted by Gasteiger charge is 2.53. The highest BCUT2D eigenvalue weighted by Crippen LogP contribution is 2.66. The third-order valence-corrected chi connectivity index (χ3v) is 18.3. The molecule has 18 rings (SSSR count). The van der Waals surface area contributed by atoms with Gasteiger partial charge in [-0.25, -0.2) is 0 Å². The van der Waals surface area contributed by atoms with E-state index in [9.17, 15) is 0 Å². The second kappa shape index (κ2) is 16.7. The summed E-state index contributed by atoms with van der Waals surface area (Å²) in [7, 11) is 0. The Morgan fingerprint density at radius 3 is 1.15 bits per heavy atom. The van der Waals surface area contributed by atoms with Crippen LogP contribution in [0.5, 0.6) is 0 Å². The third kappa shape index (κ3) is 5.90. The Kier molecular flexibility index (Phi) is 9.18. The molecule has 2 nitrogen and oxygen atoms in total. The molecule has 0 saturated heterocycles. The molecule has 0 fully saturated rings. The fraction of sp³-hybridized carbons (Fsp3) is 0.0127. The lowest BCUT2D eigenvalue weighted by Gasteiger charge is -2.33. The highest BCUT2D eigenvalue weighted by molar-refractivity contribution is 6.26. The minimum atomic E-state index is -0.599. The van der Waals surface area contributed by atoms with Gasteiger partial charge >= 0.3 is 0 Å². The lowest BCUT2D eigenvalue weighted by molar-refractivity contribution is 0.796. The van der Waals surface area contributed by atoms with Crippen molar-refractivity contribution >= 4 is 75.9 Å². The van der Waals surface area contributed by atoms with E-state index in [4.69, 9.17) is 0 Å². The van der Waals surface area contributed by atoms with Crippen LogP contribution < -0.4 is 0 Å². The van der Waals surface area contributed by atoms with Crippen molar-refractivity contribution in [2.75, 3.05) is 0 Å². The molecule has 0 bridgehead atoms. The SMILES string of the molecule is c1ccc(-n2c3ccccc3c3c(-c4cccc5c(-c6cc7ccccc7c7c6C6(c8ccccc8-c8ccccc86)c6ccccc6-7)c6cccc(-c7cccc8c7c7ccccc7n8-c7ccccc7)c6cc45)cccc32)cc1. The Bertz CT molecular complexity index is 5080. The molecule has 2 aliphatic rings. The average Bonchev–Trinajstić information content (AvgIpc) is 2.83. The van der Waals surface area contributed by atoms with Gasteiger partial charge in [-0.2, -0.15) is 0 Å². The van der Waals surface area contributed by atoms with Crippen molar-refractivity contribution in [3.63, 3.8) is 0 Å². The van der Waals surface area contributed by atoms with Crippen LogP contribution in [0.25, 0.3) is 143 Å². The van der Waals surface area contributed by atoms with E-state index in [0.29, 0.717) is 0 Å². The summed E-state index contributed by atoms with van der Waals surface area (Å²) >= 11 is 0. The first-order valence-electron chi connectivity index (χ1n) is 28.3. The summed E-state index contributed by atoms with van der Waals surface area (Å²) in [4.78, 5) is 0. The summed E-state index contributed by atoms with van der Waals surface area (Å²) in [5.74, 6) is 0. The average molecular weight is 1030 g/mol. The molecule has 16 aromatic rings. The number of hydrogen-bond donors (Lipinski definition) is 0. The number of fused-ring (bicyclic) bond motifs is 20. The van der Waals surface area contributed by atoms with Crippen molar-refractivity contribution in [1.29, 1.82) is 0 Å². The van der Waals surface area contributed by atoms with Crippen LogP contribution in [0.2, 0.25) is 0 Å². The van der Waals surface area contributed by atoms with E-state index in [1.165, 1.54) is 154 Å². The van der Waals surface area contributed by atoms with Gasteiger partial charge in [-0.15, -0.1) is 0 Å². The molecule has 14 aromatic carbocycles. The van der Waals surface area contributed by atoms with Gasteiger partial charge in [0.15, 0.2) is 0 Å². The van der Waals surface area contributed by atoms with Gasteiger partial charge in [0.1, 0.15) is 0 Å². The predicted molar refractivity (Wildman–Crippen MR) is 340 cm³/mol. The number of aromatic nitrogens is 2. The first-order chi connectivity index (χ1) is 40.3. The van der Waals surface area contributed by atoms with Gasteiger partial charge in [0.2, 0.25) is 0 Å². The fourth-order valence-corrected chi connectivity index (χ4v) is 15.3. The van der Waals surface area contributed by atoms with E-state index >= 15 is 0 Å². The van der Waals surface area contributed by atoms with E-state index in [-0.39, 0.29) is 0 Å². The Hall–Kier alpha value is -10.5. The van der Waals surface area contributed by atoms with Crippen molar-refractivity contribution in [2.45, 2.75) is 5.41 Å². The fourth-order valence-electron chi connectivity index (χ4n) is 15.3. The zero-order valence-electron chi connectivity index (χ0n) is 44.1. The molecular formula is C79H48N2. The maximum atomic E-state index is 2.56. The van der Waals surface area contributed by atoms with Gasteiger partial charge in [-0.1, -0.05) is 231 Å². The van der Waals surface area contributed by atoms with Gasteiger partial charge < -0.3 is 9.13 Å². The molecule has 2 heteroatoms. The molecule has 0 radical (unpaired) electrons. The smallest absolute Gasteiger partial charge is 0.0731 e. The molecule has 0 N–H and O–H groups in total. The minimum Gasteiger partial charge on any atom is -0.309 e. The van der Waals surface area contributed by atoms with Gasteiger partial charge in [0, 0.05) is 32.9 Å². The van der Waals surface area contributed by atoms with Crippen LogP contribution in [-0.4, -0.2) is 9.13 Å². The molecule has 1 spiro atoms. The number of benzene rings is 14. The van der Waals surface area contributed by atoms with Crippen molar-refractivity contribution < 1.29 is 0 Å². The van der Waals surface area contributed by atoms with Gasteiger partial charge in [-0.05, 0) is 171 Å². The lowest BCUT2D eigenvalue weighted by atomic mass is 9.68. The summed E-state index contributed by atoms with van der Waals surface area (Å²) in [6, 6.07) is 110. The Labute approximate surface area is 468 Å². The number of hydrogen-bond acceptors (Lipinski definition) is 0. The molecule has 2 aliphatic carbocycles.